The van der Waals surface area contributed by atoms with Crippen LogP contribution in [0.5, 0.6) is 0 Å². The van der Waals surface area contributed by atoms with Crippen molar-refractivity contribution in [2.45, 2.75) is 27.8 Å². The fourth-order valence-electron chi connectivity index (χ4n) is 3.87. The van der Waals surface area contributed by atoms with Gasteiger partial charge in [-0.25, -0.2) is 27.6 Å². The van der Waals surface area contributed by atoms with Gasteiger partial charge in [-0.1, -0.05) is 11.3 Å². The summed E-state index contributed by atoms with van der Waals surface area (Å²) in [5, 5.41) is 33.0. The number of aryl methyl sites for hydroxylation is 2. The maximum atomic E-state index is 13.1. The third kappa shape index (κ3) is 8.04. The summed E-state index contributed by atoms with van der Waals surface area (Å²) in [5.74, 6) is -3.91. The number of aliphatic carboxylic acids is 1. The van der Waals surface area contributed by atoms with Crippen molar-refractivity contribution in [2.75, 3.05) is 11.9 Å². The van der Waals surface area contributed by atoms with Gasteiger partial charge in [-0.2, -0.15) is 21.9 Å². The Bertz CT molecular complexity index is 2280. The Balaban J connectivity index is 1.67. The van der Waals surface area contributed by atoms with Crippen molar-refractivity contribution in [1.82, 2.24) is 19.5 Å². The molecule has 0 atom stereocenters. The number of hydrogen-bond acceptors (Lipinski definition) is 15. The van der Waals surface area contributed by atoms with Crippen LogP contribution in [0.1, 0.15) is 32.1 Å². The minimum atomic E-state index is -5.10. The summed E-state index contributed by atoms with van der Waals surface area (Å²) < 4.78 is 93.4. The molecule has 2 aromatic heterocycles. The van der Waals surface area contributed by atoms with Gasteiger partial charge in [0.15, 0.2) is 15.7 Å². The highest BCUT2D eigenvalue weighted by atomic mass is 32.2. The van der Waals surface area contributed by atoms with Gasteiger partial charge < -0.3 is 15.5 Å². The third-order valence-corrected chi connectivity index (χ3v) is 10.6. The number of nitrogens with zero attached hydrogens (tertiary/aromatic N) is 5. The predicted octanol–water partition coefficient (Wildman–Crippen LogP) is 2.17. The highest BCUT2D eigenvalue weighted by Gasteiger charge is 2.27. The van der Waals surface area contributed by atoms with Crippen LogP contribution in [0.3, 0.4) is 0 Å². The molecule has 2 aromatic carbocycles. The molecule has 0 saturated carbocycles. The maximum absolute atomic E-state index is 13.1. The molecule has 2 heterocycles. The van der Waals surface area contributed by atoms with Crippen molar-refractivity contribution in [3.8, 4) is 5.69 Å². The number of anilines is 1. The lowest BCUT2D eigenvalue weighted by atomic mass is 10.2. The summed E-state index contributed by atoms with van der Waals surface area (Å²) in [7, 11) is -15.0. The molecule has 4 rings (SSSR count). The summed E-state index contributed by atoms with van der Waals surface area (Å²) in [4.78, 5) is 37.0. The van der Waals surface area contributed by atoms with Crippen LogP contribution in [0.25, 0.3) is 5.69 Å². The summed E-state index contributed by atoms with van der Waals surface area (Å²) in [5.41, 5.74) is -0.489. The molecule has 0 unspecified atom stereocenters. The number of carbonyl (C=O) groups is 3. The molecule has 0 spiro atoms. The van der Waals surface area contributed by atoms with E-state index in [2.05, 4.69) is 25.6 Å². The molecule has 0 radical (unpaired) electrons. The van der Waals surface area contributed by atoms with E-state index in [1.54, 1.807) is 4.72 Å². The molecular weight excluding hydrogens is 723 g/mol. The first-order valence-corrected chi connectivity index (χ1v) is 17.8. The fraction of sp³-hybridized carbons (Fsp3) is 0.125. The number of aromatic carboxylic acids is 1. The number of rotatable bonds is 12. The van der Waals surface area contributed by atoms with E-state index in [-0.39, 0.29) is 33.6 Å². The van der Waals surface area contributed by atoms with Crippen molar-refractivity contribution >= 4 is 76.1 Å². The molecule has 0 fully saturated rings. The topological polar surface area (TPSA) is 314 Å². The lowest BCUT2D eigenvalue weighted by Crippen LogP contribution is -2.30. The van der Waals surface area contributed by atoms with E-state index >= 15 is 0 Å². The Morgan fingerprint density at radius 2 is 1.44 bits per heavy atom. The molecule has 0 aliphatic rings. The minimum Gasteiger partial charge on any atom is -0.480 e. The summed E-state index contributed by atoms with van der Waals surface area (Å²) in [6.45, 7) is 2.16. The quantitative estimate of drug-likeness (QED) is 0.0894. The van der Waals surface area contributed by atoms with Gasteiger partial charge in [0.1, 0.15) is 6.54 Å². The summed E-state index contributed by atoms with van der Waals surface area (Å²) >= 11 is 0.432. The molecule has 20 nitrogen and oxygen atoms in total. The standard InChI is InChI=1S/C24H21N7O13S4/c1-11-19(20(25-10-18(32)33)31(29-11)15-5-3-13(4-6-15)22(35)36)27-28-24-26-12(2)23(45-24)46(37,38)30-21(34)14-7-16(47(39,40)41)9-17(8-14)48(42,43)44/h3-9,25H,10H2,1-2H3,(H,30,34)(H,32,33)(H,35,36)(H,39,40,41)(H,42,43,44). The number of aromatic nitrogens is 3. The first-order valence-electron chi connectivity index (χ1n) is 12.6. The van der Waals surface area contributed by atoms with Crippen LogP contribution in [-0.4, -0.2) is 83.7 Å². The number of nitrogens with one attached hydrogen (secondary N) is 2. The summed E-state index contributed by atoms with van der Waals surface area (Å²) in [6.07, 6.45) is 0. The number of carbonyl (C=O) groups excluding carboxylic acids is 1. The van der Waals surface area contributed by atoms with Crippen LogP contribution < -0.4 is 10.0 Å². The zero-order valence-corrected chi connectivity index (χ0v) is 27.3. The van der Waals surface area contributed by atoms with Gasteiger partial charge in [0.25, 0.3) is 36.2 Å². The molecule has 254 valence electrons. The Hall–Kier alpha value is -5.14. The fourth-order valence-corrected chi connectivity index (χ4v) is 7.35. The molecule has 0 aliphatic carbocycles. The Morgan fingerprint density at radius 1 is 0.854 bits per heavy atom. The third-order valence-electron chi connectivity index (χ3n) is 5.98. The minimum absolute atomic E-state index is 0.0116. The zero-order chi connectivity index (χ0) is 35.8. The number of amides is 1. The van der Waals surface area contributed by atoms with Crippen molar-refractivity contribution in [1.29, 1.82) is 0 Å². The lowest BCUT2D eigenvalue weighted by molar-refractivity contribution is -0.134. The normalized spacial score (nSPS) is 12.2. The van der Waals surface area contributed by atoms with Crippen LogP contribution in [-0.2, 0) is 35.1 Å². The molecule has 0 aliphatic heterocycles. The maximum Gasteiger partial charge on any atom is 0.335 e. The highest BCUT2D eigenvalue weighted by molar-refractivity contribution is 7.92. The van der Waals surface area contributed by atoms with Gasteiger partial charge in [0.2, 0.25) is 5.13 Å². The molecule has 48 heavy (non-hydrogen) atoms. The molecule has 0 bridgehead atoms. The van der Waals surface area contributed by atoms with Crippen LogP contribution in [0.4, 0.5) is 16.6 Å². The number of carboxylic acid groups (broad SMARTS) is 2. The number of benzene rings is 2. The average Bonchev–Trinajstić information content (AvgIpc) is 3.52. The highest BCUT2D eigenvalue weighted by Crippen LogP contribution is 2.35. The largest absolute Gasteiger partial charge is 0.480 e. The lowest BCUT2D eigenvalue weighted by Gasteiger charge is -2.09. The van der Waals surface area contributed by atoms with Crippen molar-refractivity contribution < 1.29 is 59.0 Å². The van der Waals surface area contributed by atoms with Gasteiger partial charge in [0, 0.05) is 5.56 Å². The number of azo groups is 1. The van der Waals surface area contributed by atoms with Crippen LogP contribution in [0.2, 0.25) is 0 Å². The zero-order valence-electron chi connectivity index (χ0n) is 24.1. The monoisotopic (exact) mass is 743 g/mol. The van der Waals surface area contributed by atoms with Gasteiger partial charge in [0.05, 0.1) is 32.4 Å². The van der Waals surface area contributed by atoms with E-state index in [4.69, 9.17) is 5.11 Å². The second kappa shape index (κ2) is 13.2. The first kappa shape index (κ1) is 35.7. The Labute approximate surface area is 274 Å². The van der Waals surface area contributed by atoms with Gasteiger partial charge >= 0.3 is 11.9 Å². The molecule has 4 aromatic rings. The Morgan fingerprint density at radius 3 is 1.96 bits per heavy atom. The predicted molar refractivity (Wildman–Crippen MR) is 163 cm³/mol. The second-order valence-corrected chi connectivity index (χ2v) is 15.1. The van der Waals surface area contributed by atoms with E-state index in [1.807, 2.05) is 0 Å². The molecule has 0 saturated heterocycles. The summed E-state index contributed by atoms with van der Waals surface area (Å²) in [6, 6.07) is 6.74. The number of hydrogen-bond donors (Lipinski definition) is 6. The van der Waals surface area contributed by atoms with E-state index < -0.39 is 74.2 Å². The van der Waals surface area contributed by atoms with E-state index in [9.17, 15) is 53.8 Å². The second-order valence-electron chi connectivity index (χ2n) is 9.44. The smallest absolute Gasteiger partial charge is 0.335 e. The number of carboxylic acids is 2. The molecule has 1 amide bonds. The van der Waals surface area contributed by atoms with E-state index in [0.29, 0.717) is 35.2 Å². The molecule has 24 heteroatoms. The van der Waals surface area contributed by atoms with E-state index in [1.165, 1.54) is 42.8 Å². The van der Waals surface area contributed by atoms with Gasteiger partial charge in [-0.3, -0.25) is 18.7 Å². The van der Waals surface area contributed by atoms with Crippen LogP contribution in [0, 0.1) is 13.8 Å². The van der Waals surface area contributed by atoms with Crippen molar-refractivity contribution in [3.63, 3.8) is 0 Å². The van der Waals surface area contributed by atoms with Crippen molar-refractivity contribution in [3.05, 3.63) is 65.0 Å². The van der Waals surface area contributed by atoms with E-state index in [0.717, 1.165) is 0 Å². The first-order chi connectivity index (χ1) is 22.2. The number of sulfonamides is 1. The number of thiazole rings is 1. The Kier molecular flexibility index (Phi) is 9.79. The molecule has 6 N–H and O–H groups in total. The average molecular weight is 744 g/mol. The van der Waals surface area contributed by atoms with Gasteiger partial charge in [-0.05, 0) is 56.3 Å². The SMILES string of the molecule is Cc1nc(N=Nc2c(C)nn(-c3ccc(C(=O)O)cc3)c2NCC(=O)O)sc1S(=O)(=O)NC(=O)c1cc(S(=O)(=O)O)cc(S(=O)(=O)O)c1. The van der Waals surface area contributed by atoms with Gasteiger partial charge in [-0.15, -0.1) is 10.2 Å². The van der Waals surface area contributed by atoms with Crippen molar-refractivity contribution in [2.24, 2.45) is 10.2 Å². The van der Waals surface area contributed by atoms with Crippen LogP contribution in [0.15, 0.2) is 66.7 Å². The molecular formula is C24H21N7O13S4. The van der Waals surface area contributed by atoms with Crippen LogP contribution >= 0.6 is 11.3 Å².